The molecule has 0 bridgehead atoms. The average Bonchev–Trinajstić information content (AvgIpc) is 3.30. The summed E-state index contributed by atoms with van der Waals surface area (Å²) in [6.45, 7) is 0.922. The van der Waals surface area contributed by atoms with E-state index in [1.807, 2.05) is 12.1 Å². The number of aliphatic carboxylic acids is 1. The summed E-state index contributed by atoms with van der Waals surface area (Å²) in [4.78, 5) is 44.4. The van der Waals surface area contributed by atoms with Crippen molar-refractivity contribution in [2.75, 3.05) is 6.54 Å². The summed E-state index contributed by atoms with van der Waals surface area (Å²) in [6, 6.07) is 9.31. The van der Waals surface area contributed by atoms with Crippen molar-refractivity contribution >= 4 is 17.8 Å². The van der Waals surface area contributed by atoms with Gasteiger partial charge in [0.25, 0.3) is 5.91 Å². The van der Waals surface area contributed by atoms with Crippen molar-refractivity contribution in [1.82, 2.24) is 24.8 Å². The lowest BCUT2D eigenvalue weighted by molar-refractivity contribution is -0.192. The van der Waals surface area contributed by atoms with E-state index in [4.69, 9.17) is 9.90 Å². The van der Waals surface area contributed by atoms with Gasteiger partial charge >= 0.3 is 12.1 Å². The molecule has 0 aliphatic carbocycles. The molecule has 1 atom stereocenters. The van der Waals surface area contributed by atoms with Gasteiger partial charge in [-0.2, -0.15) is 13.2 Å². The van der Waals surface area contributed by atoms with Crippen LogP contribution in [0.15, 0.2) is 61.3 Å². The summed E-state index contributed by atoms with van der Waals surface area (Å²) in [5.41, 5.74) is 2.05. The first-order chi connectivity index (χ1) is 16.6. The van der Waals surface area contributed by atoms with Gasteiger partial charge in [-0.1, -0.05) is 12.1 Å². The number of hydrogen-bond donors (Lipinski definition) is 3. The molecular formula is C22H20F3N5O5. The molecule has 1 aromatic carbocycles. The van der Waals surface area contributed by atoms with Crippen LogP contribution < -0.4 is 5.32 Å². The van der Waals surface area contributed by atoms with Gasteiger partial charge in [-0.25, -0.2) is 9.78 Å². The van der Waals surface area contributed by atoms with E-state index in [0.29, 0.717) is 18.7 Å². The van der Waals surface area contributed by atoms with Gasteiger partial charge in [0.05, 0.1) is 25.1 Å². The monoisotopic (exact) mass is 491 g/mol. The van der Waals surface area contributed by atoms with E-state index in [1.165, 1.54) is 12.1 Å². The standard InChI is InChI=1S/C20H19N5O3.C2HF3O2/c26-17-5-1-4-15(7-17)20(28)24-11-16-10-22-13-25(16)18(12-24)19(27)23-9-14-3-2-6-21-8-14;3-2(4,5)1(6)7/h1-8,10,13,18,26H,9,11-12H2,(H,23,27);(H,6,7). The van der Waals surface area contributed by atoms with Gasteiger partial charge in [0.2, 0.25) is 5.91 Å². The van der Waals surface area contributed by atoms with Gasteiger partial charge in [-0.05, 0) is 29.8 Å². The fraction of sp³-hybridized carbons (Fsp3) is 0.227. The number of alkyl halides is 3. The van der Waals surface area contributed by atoms with Gasteiger partial charge < -0.3 is 25.0 Å². The van der Waals surface area contributed by atoms with Gasteiger partial charge in [-0.3, -0.25) is 14.6 Å². The highest BCUT2D eigenvalue weighted by Gasteiger charge is 2.38. The number of imidazole rings is 1. The fourth-order valence-corrected chi connectivity index (χ4v) is 3.29. The third kappa shape index (κ3) is 6.56. The summed E-state index contributed by atoms with van der Waals surface area (Å²) in [6.07, 6.45) is 1.56. The molecular weight excluding hydrogens is 471 g/mol. The number of aromatic nitrogens is 3. The molecule has 184 valence electrons. The first-order valence-electron chi connectivity index (χ1n) is 10.1. The predicted molar refractivity (Wildman–Crippen MR) is 114 cm³/mol. The third-order valence-corrected chi connectivity index (χ3v) is 4.94. The molecule has 3 heterocycles. The number of nitrogens with zero attached hydrogens (tertiary/aromatic N) is 4. The summed E-state index contributed by atoms with van der Waals surface area (Å²) >= 11 is 0. The Morgan fingerprint density at radius 3 is 2.49 bits per heavy atom. The number of carboxylic acid groups (broad SMARTS) is 1. The molecule has 1 unspecified atom stereocenters. The van der Waals surface area contributed by atoms with Crippen molar-refractivity contribution in [1.29, 1.82) is 0 Å². The van der Waals surface area contributed by atoms with Crippen molar-refractivity contribution in [3.63, 3.8) is 0 Å². The minimum Gasteiger partial charge on any atom is -0.508 e. The van der Waals surface area contributed by atoms with Gasteiger partial charge in [0.15, 0.2) is 0 Å². The Balaban J connectivity index is 0.000000429. The van der Waals surface area contributed by atoms with Crippen molar-refractivity contribution < 1.29 is 37.8 Å². The van der Waals surface area contributed by atoms with E-state index in [2.05, 4.69) is 15.3 Å². The highest BCUT2D eigenvalue weighted by Crippen LogP contribution is 2.24. The summed E-state index contributed by atoms with van der Waals surface area (Å²) in [5, 5.41) is 19.7. The Kier molecular flexibility index (Phi) is 7.69. The normalized spacial score (nSPS) is 14.8. The molecule has 35 heavy (non-hydrogen) atoms. The maximum Gasteiger partial charge on any atom is 0.490 e. The maximum absolute atomic E-state index is 12.9. The van der Waals surface area contributed by atoms with E-state index in [1.54, 1.807) is 46.5 Å². The number of carbonyl (C=O) groups is 3. The second-order valence-corrected chi connectivity index (χ2v) is 7.43. The summed E-state index contributed by atoms with van der Waals surface area (Å²) in [5.74, 6) is -3.17. The Morgan fingerprint density at radius 1 is 1.11 bits per heavy atom. The molecule has 2 amide bonds. The number of nitrogens with one attached hydrogen (secondary N) is 1. The number of carboxylic acids is 1. The van der Waals surface area contributed by atoms with Crippen LogP contribution in [0.3, 0.4) is 0 Å². The Labute approximate surface area is 196 Å². The van der Waals surface area contributed by atoms with E-state index < -0.39 is 18.2 Å². The van der Waals surface area contributed by atoms with Crippen LogP contribution in [0.1, 0.15) is 27.7 Å². The number of pyridine rings is 1. The van der Waals surface area contributed by atoms with Crippen molar-refractivity contribution in [3.8, 4) is 5.75 Å². The van der Waals surface area contributed by atoms with Gasteiger partial charge in [0, 0.05) is 30.7 Å². The SMILES string of the molecule is O=C(NCc1cccnc1)C1CN(C(=O)c2cccc(O)c2)Cc2cncn21.O=C(O)C(F)(F)F. The number of benzene rings is 1. The number of aromatic hydroxyl groups is 1. The molecule has 0 saturated carbocycles. The lowest BCUT2D eigenvalue weighted by Crippen LogP contribution is -2.46. The number of fused-ring (bicyclic) bond motifs is 1. The van der Waals surface area contributed by atoms with Crippen molar-refractivity contribution in [2.45, 2.75) is 25.3 Å². The first-order valence-corrected chi connectivity index (χ1v) is 10.1. The Hall–Kier alpha value is -4.42. The fourth-order valence-electron chi connectivity index (χ4n) is 3.29. The molecule has 10 nitrogen and oxygen atoms in total. The second kappa shape index (κ2) is 10.7. The number of rotatable bonds is 4. The predicted octanol–water partition coefficient (Wildman–Crippen LogP) is 2.13. The minimum atomic E-state index is -5.08. The molecule has 13 heteroatoms. The second-order valence-electron chi connectivity index (χ2n) is 7.43. The van der Waals surface area contributed by atoms with Crippen LogP contribution in [-0.2, 0) is 22.7 Å². The number of amides is 2. The number of hydrogen-bond acceptors (Lipinski definition) is 6. The quantitative estimate of drug-likeness (QED) is 0.508. The van der Waals surface area contributed by atoms with Crippen molar-refractivity contribution in [2.24, 2.45) is 0 Å². The first kappa shape index (κ1) is 25.2. The van der Waals surface area contributed by atoms with Crippen LogP contribution in [-0.4, -0.2) is 60.2 Å². The van der Waals surface area contributed by atoms with E-state index in [9.17, 15) is 27.9 Å². The van der Waals surface area contributed by atoms with E-state index in [-0.39, 0.29) is 24.1 Å². The van der Waals surface area contributed by atoms with E-state index >= 15 is 0 Å². The number of carbonyl (C=O) groups excluding carboxylic acids is 2. The summed E-state index contributed by atoms with van der Waals surface area (Å²) in [7, 11) is 0. The zero-order chi connectivity index (χ0) is 25.6. The van der Waals surface area contributed by atoms with Gasteiger partial charge in [-0.15, -0.1) is 0 Å². The zero-order valence-electron chi connectivity index (χ0n) is 18.0. The molecule has 0 fully saturated rings. The zero-order valence-corrected chi connectivity index (χ0v) is 18.0. The molecule has 2 aromatic heterocycles. The number of phenols is 1. The van der Waals surface area contributed by atoms with Gasteiger partial charge in [0.1, 0.15) is 11.8 Å². The molecule has 3 N–H and O–H groups in total. The van der Waals surface area contributed by atoms with Crippen molar-refractivity contribution in [3.05, 3.63) is 78.1 Å². The number of phenolic OH excluding ortho intramolecular Hbond substituents is 1. The topological polar surface area (TPSA) is 138 Å². The highest BCUT2D eigenvalue weighted by atomic mass is 19.4. The smallest absolute Gasteiger partial charge is 0.490 e. The molecule has 1 aliphatic rings. The lowest BCUT2D eigenvalue weighted by Gasteiger charge is -2.33. The molecule has 0 radical (unpaired) electrons. The van der Waals surface area contributed by atoms with E-state index in [0.717, 1.165) is 11.3 Å². The minimum absolute atomic E-state index is 0.0265. The van der Waals surface area contributed by atoms with Crippen LogP contribution in [0.2, 0.25) is 0 Å². The number of halogens is 3. The largest absolute Gasteiger partial charge is 0.508 e. The van der Waals surface area contributed by atoms with Crippen LogP contribution in [0.4, 0.5) is 13.2 Å². The maximum atomic E-state index is 12.9. The summed E-state index contributed by atoms with van der Waals surface area (Å²) < 4.78 is 33.5. The average molecular weight is 491 g/mol. The lowest BCUT2D eigenvalue weighted by atomic mass is 10.1. The molecule has 1 aliphatic heterocycles. The third-order valence-electron chi connectivity index (χ3n) is 4.94. The Bertz CT molecular complexity index is 1200. The Morgan fingerprint density at radius 2 is 1.86 bits per heavy atom. The molecule has 4 rings (SSSR count). The van der Waals surface area contributed by atoms with Crippen LogP contribution in [0.25, 0.3) is 0 Å². The molecule has 3 aromatic rings. The molecule has 0 saturated heterocycles. The highest BCUT2D eigenvalue weighted by molar-refractivity contribution is 5.95. The van der Waals surface area contributed by atoms with Crippen LogP contribution in [0.5, 0.6) is 5.75 Å². The molecule has 0 spiro atoms. The van der Waals surface area contributed by atoms with Crippen LogP contribution in [0, 0.1) is 0 Å². The van der Waals surface area contributed by atoms with Crippen LogP contribution >= 0.6 is 0 Å².